The van der Waals surface area contributed by atoms with Crippen LogP contribution in [0.4, 0.5) is 11.4 Å². The first-order valence-corrected chi connectivity index (χ1v) is 10.9. The molecule has 1 N–H and O–H groups in total. The molecular formula is C28H22N2O3. The number of fused-ring (bicyclic) bond motifs is 2. The van der Waals surface area contributed by atoms with Crippen LogP contribution in [-0.4, -0.2) is 24.1 Å². The van der Waals surface area contributed by atoms with E-state index in [2.05, 4.69) is 11.4 Å². The topological polar surface area (TPSA) is 66.5 Å². The van der Waals surface area contributed by atoms with E-state index in [0.717, 1.165) is 29.3 Å². The van der Waals surface area contributed by atoms with Crippen molar-refractivity contribution in [3.05, 3.63) is 108 Å². The van der Waals surface area contributed by atoms with Crippen LogP contribution in [0, 0.1) is 0 Å². The monoisotopic (exact) mass is 434 g/mol. The number of benzene rings is 4. The van der Waals surface area contributed by atoms with Gasteiger partial charge in [-0.1, -0.05) is 60.7 Å². The van der Waals surface area contributed by atoms with E-state index in [1.54, 1.807) is 41.3 Å². The van der Waals surface area contributed by atoms with E-state index >= 15 is 0 Å². The first-order valence-electron chi connectivity index (χ1n) is 10.9. The Bertz CT molecular complexity index is 1370. The van der Waals surface area contributed by atoms with Crippen LogP contribution in [0.1, 0.15) is 32.7 Å². The van der Waals surface area contributed by atoms with E-state index in [1.807, 2.05) is 48.5 Å². The number of amides is 2. The molecule has 162 valence electrons. The van der Waals surface area contributed by atoms with Crippen LogP contribution in [0.3, 0.4) is 0 Å². The summed E-state index contributed by atoms with van der Waals surface area (Å²) in [5.41, 5.74) is 3.48. The number of ketones is 1. The Morgan fingerprint density at radius 1 is 0.758 bits per heavy atom. The van der Waals surface area contributed by atoms with Crippen LogP contribution in [0.2, 0.25) is 0 Å². The molecule has 0 aromatic heterocycles. The Balaban J connectivity index is 1.32. The molecule has 4 aromatic carbocycles. The lowest BCUT2D eigenvalue weighted by atomic mass is 10.0. The highest BCUT2D eigenvalue weighted by Gasteiger charge is 2.23. The average Bonchev–Trinajstić information content (AvgIpc) is 2.87. The SMILES string of the molecule is O=C(Nc1ccc(C(=O)N2CCCc3ccccc32)cc1)C(=O)c1cccc2ccccc12. The molecule has 1 aliphatic rings. The van der Waals surface area contributed by atoms with Gasteiger partial charge in [-0.2, -0.15) is 0 Å². The van der Waals surface area contributed by atoms with Crippen molar-refractivity contribution in [2.45, 2.75) is 12.8 Å². The molecular weight excluding hydrogens is 412 g/mol. The van der Waals surface area contributed by atoms with Gasteiger partial charge in [0.05, 0.1) is 0 Å². The summed E-state index contributed by atoms with van der Waals surface area (Å²) < 4.78 is 0. The molecule has 33 heavy (non-hydrogen) atoms. The standard InChI is InChI=1S/C28H22N2O3/c31-26(24-12-5-9-19-7-1-3-11-23(19)24)27(32)29-22-16-14-21(15-17-22)28(33)30-18-6-10-20-8-2-4-13-25(20)30/h1-5,7-9,11-17H,6,10,18H2,(H,29,32). The summed E-state index contributed by atoms with van der Waals surface area (Å²) in [5.74, 6) is -1.39. The normalized spacial score (nSPS) is 12.8. The van der Waals surface area contributed by atoms with Gasteiger partial charge in [-0.25, -0.2) is 0 Å². The van der Waals surface area contributed by atoms with Crippen LogP contribution >= 0.6 is 0 Å². The summed E-state index contributed by atoms with van der Waals surface area (Å²) in [6.45, 7) is 0.674. The van der Waals surface area contributed by atoms with Crippen molar-refractivity contribution in [1.82, 2.24) is 0 Å². The number of Topliss-reactive ketones (excluding diaryl/α,β-unsaturated/α-hetero) is 1. The third kappa shape index (κ3) is 4.01. The van der Waals surface area contributed by atoms with Gasteiger partial charge in [0.15, 0.2) is 0 Å². The molecule has 0 aliphatic carbocycles. The lowest BCUT2D eigenvalue weighted by Gasteiger charge is -2.29. The molecule has 5 heteroatoms. The van der Waals surface area contributed by atoms with Gasteiger partial charge in [-0.15, -0.1) is 0 Å². The fourth-order valence-corrected chi connectivity index (χ4v) is 4.33. The Morgan fingerprint density at radius 2 is 1.48 bits per heavy atom. The second-order valence-electron chi connectivity index (χ2n) is 8.08. The van der Waals surface area contributed by atoms with E-state index in [9.17, 15) is 14.4 Å². The van der Waals surface area contributed by atoms with E-state index in [0.29, 0.717) is 23.4 Å². The van der Waals surface area contributed by atoms with Crippen LogP contribution < -0.4 is 10.2 Å². The summed E-state index contributed by atoms with van der Waals surface area (Å²) in [4.78, 5) is 40.3. The molecule has 2 amide bonds. The zero-order valence-corrected chi connectivity index (χ0v) is 18.0. The molecule has 0 fully saturated rings. The second-order valence-corrected chi connectivity index (χ2v) is 8.08. The predicted molar refractivity (Wildman–Crippen MR) is 130 cm³/mol. The molecule has 0 spiro atoms. The minimum atomic E-state index is -0.713. The Kier molecular flexibility index (Phi) is 5.45. The smallest absolute Gasteiger partial charge is 0.296 e. The van der Waals surface area contributed by atoms with Gasteiger partial charge in [0.2, 0.25) is 0 Å². The molecule has 0 unspecified atom stereocenters. The number of hydrogen-bond donors (Lipinski definition) is 1. The summed E-state index contributed by atoms with van der Waals surface area (Å²) in [5, 5.41) is 4.29. The van der Waals surface area contributed by atoms with E-state index < -0.39 is 11.7 Å². The highest BCUT2D eigenvalue weighted by molar-refractivity contribution is 6.48. The minimum absolute atomic E-state index is 0.0770. The van der Waals surface area contributed by atoms with Crippen LogP contribution in [0.25, 0.3) is 10.8 Å². The summed E-state index contributed by atoms with van der Waals surface area (Å²) >= 11 is 0. The quantitative estimate of drug-likeness (QED) is 0.352. The van der Waals surface area contributed by atoms with Crippen molar-refractivity contribution < 1.29 is 14.4 Å². The minimum Gasteiger partial charge on any atom is -0.319 e. The Labute approximate surface area is 191 Å². The number of nitrogens with one attached hydrogen (secondary N) is 1. The first-order chi connectivity index (χ1) is 16.1. The van der Waals surface area contributed by atoms with Gasteiger partial charge in [-0.3, -0.25) is 14.4 Å². The highest BCUT2D eigenvalue weighted by Crippen LogP contribution is 2.28. The van der Waals surface area contributed by atoms with Crippen molar-refractivity contribution in [3.8, 4) is 0 Å². The molecule has 0 bridgehead atoms. The maximum Gasteiger partial charge on any atom is 0.296 e. The van der Waals surface area contributed by atoms with Crippen molar-refractivity contribution >= 4 is 39.7 Å². The summed E-state index contributed by atoms with van der Waals surface area (Å²) in [6.07, 6.45) is 1.89. The second kappa shape index (κ2) is 8.71. The van der Waals surface area contributed by atoms with Gasteiger partial charge in [-0.05, 0) is 59.5 Å². The van der Waals surface area contributed by atoms with Crippen LogP contribution in [-0.2, 0) is 11.2 Å². The molecule has 5 nitrogen and oxygen atoms in total. The zero-order chi connectivity index (χ0) is 22.8. The third-order valence-corrected chi connectivity index (χ3v) is 5.99. The molecule has 1 aliphatic heterocycles. The molecule has 5 rings (SSSR count). The van der Waals surface area contributed by atoms with Crippen molar-refractivity contribution in [2.24, 2.45) is 0 Å². The molecule has 1 heterocycles. The Morgan fingerprint density at radius 3 is 2.33 bits per heavy atom. The summed E-state index contributed by atoms with van der Waals surface area (Å²) in [6, 6.07) is 27.4. The summed E-state index contributed by atoms with van der Waals surface area (Å²) in [7, 11) is 0. The lowest BCUT2D eigenvalue weighted by Crippen LogP contribution is -2.35. The predicted octanol–water partition coefficient (Wildman–Crippen LogP) is 5.25. The van der Waals surface area contributed by atoms with E-state index in [4.69, 9.17) is 0 Å². The van der Waals surface area contributed by atoms with Gasteiger partial charge in [0.1, 0.15) is 0 Å². The number of hydrogen-bond acceptors (Lipinski definition) is 3. The van der Waals surface area contributed by atoms with Crippen LogP contribution in [0.15, 0.2) is 91.0 Å². The molecule has 0 saturated heterocycles. The molecule has 4 aromatic rings. The number of anilines is 2. The fraction of sp³-hybridized carbons (Fsp3) is 0.107. The number of carbonyl (C=O) groups excluding carboxylic acids is 3. The molecule has 0 atom stereocenters. The highest BCUT2D eigenvalue weighted by atomic mass is 16.2. The number of carbonyl (C=O) groups is 3. The van der Waals surface area contributed by atoms with Crippen molar-refractivity contribution in [2.75, 3.05) is 16.8 Å². The molecule has 0 saturated carbocycles. The van der Waals surface area contributed by atoms with Crippen molar-refractivity contribution in [3.63, 3.8) is 0 Å². The third-order valence-electron chi connectivity index (χ3n) is 5.99. The Hall–Kier alpha value is -4.25. The number of nitrogens with zero attached hydrogens (tertiary/aromatic N) is 1. The van der Waals surface area contributed by atoms with Crippen molar-refractivity contribution in [1.29, 1.82) is 0 Å². The van der Waals surface area contributed by atoms with Gasteiger partial charge >= 0.3 is 0 Å². The first kappa shape index (κ1) is 20.6. The van der Waals surface area contributed by atoms with Gasteiger partial charge < -0.3 is 10.2 Å². The van der Waals surface area contributed by atoms with Crippen LogP contribution in [0.5, 0.6) is 0 Å². The zero-order valence-electron chi connectivity index (χ0n) is 18.0. The maximum absolute atomic E-state index is 13.1. The largest absolute Gasteiger partial charge is 0.319 e. The average molecular weight is 434 g/mol. The number of para-hydroxylation sites is 1. The number of rotatable bonds is 4. The van der Waals surface area contributed by atoms with Gasteiger partial charge in [0.25, 0.3) is 17.6 Å². The lowest BCUT2D eigenvalue weighted by molar-refractivity contribution is -0.112. The number of aryl methyl sites for hydroxylation is 1. The maximum atomic E-state index is 13.1. The van der Waals surface area contributed by atoms with Gasteiger partial charge in [0, 0.05) is 29.0 Å². The molecule has 0 radical (unpaired) electrons. The van der Waals surface area contributed by atoms with E-state index in [1.165, 1.54) is 5.56 Å². The fourth-order valence-electron chi connectivity index (χ4n) is 4.33. The van der Waals surface area contributed by atoms with E-state index in [-0.39, 0.29) is 5.91 Å².